The van der Waals surface area contributed by atoms with Crippen LogP contribution in [-0.4, -0.2) is 53.9 Å². The van der Waals surface area contributed by atoms with Crippen LogP contribution in [0.15, 0.2) is 36.5 Å². The van der Waals surface area contributed by atoms with Crippen LogP contribution in [0.5, 0.6) is 5.75 Å². The van der Waals surface area contributed by atoms with Crippen molar-refractivity contribution in [3.05, 3.63) is 64.3 Å². The summed E-state index contributed by atoms with van der Waals surface area (Å²) in [6.07, 6.45) is 3.83. The number of likely N-dealkylation sites (tertiary alicyclic amines) is 1. The van der Waals surface area contributed by atoms with Gasteiger partial charge in [0.2, 0.25) is 0 Å². The number of nitrogens with one attached hydrogen (secondary N) is 1. The zero-order valence-corrected chi connectivity index (χ0v) is 20.0. The maximum absolute atomic E-state index is 11.6. The quantitative estimate of drug-likeness (QED) is 0.554. The first-order chi connectivity index (χ1) is 16.5. The SMILES string of the molecule is CCO[C@@H]1CCN(Cc2c(OC)cc(C)c3[nH]ccc23)[C@@]2(COCc3cc(C(=O)O)ccc32)C1. The van der Waals surface area contributed by atoms with E-state index in [0.29, 0.717) is 26.4 Å². The minimum absolute atomic E-state index is 0.127. The number of carboxylic acid groups (broad SMARTS) is 1. The van der Waals surface area contributed by atoms with E-state index in [2.05, 4.69) is 28.9 Å². The van der Waals surface area contributed by atoms with Gasteiger partial charge < -0.3 is 24.3 Å². The zero-order chi connectivity index (χ0) is 23.9. The number of rotatable bonds is 6. The van der Waals surface area contributed by atoms with Gasteiger partial charge in [0.05, 0.1) is 37.5 Å². The van der Waals surface area contributed by atoms with E-state index in [1.54, 1.807) is 19.2 Å². The molecule has 5 rings (SSSR count). The Balaban J connectivity index is 1.61. The van der Waals surface area contributed by atoms with Gasteiger partial charge in [-0.15, -0.1) is 0 Å². The van der Waals surface area contributed by atoms with Gasteiger partial charge in [-0.2, -0.15) is 0 Å². The highest BCUT2D eigenvalue weighted by molar-refractivity contribution is 5.88. The van der Waals surface area contributed by atoms with Crippen molar-refractivity contribution in [3.8, 4) is 5.75 Å². The van der Waals surface area contributed by atoms with Crippen LogP contribution in [0.4, 0.5) is 0 Å². The molecule has 34 heavy (non-hydrogen) atoms. The lowest BCUT2D eigenvalue weighted by Crippen LogP contribution is -2.57. The number of methoxy groups -OCH3 is 1. The van der Waals surface area contributed by atoms with Crippen molar-refractivity contribution in [3.63, 3.8) is 0 Å². The highest BCUT2D eigenvalue weighted by Gasteiger charge is 2.47. The Morgan fingerprint density at radius 1 is 1.32 bits per heavy atom. The van der Waals surface area contributed by atoms with Crippen LogP contribution in [0.1, 0.15) is 52.4 Å². The summed E-state index contributed by atoms with van der Waals surface area (Å²) in [6.45, 7) is 7.29. The average molecular weight is 465 g/mol. The van der Waals surface area contributed by atoms with Crippen molar-refractivity contribution in [1.29, 1.82) is 0 Å². The fraction of sp³-hybridized carbons (Fsp3) is 0.444. The molecular formula is C27H32N2O5. The second kappa shape index (κ2) is 9.06. The standard InChI is InChI=1S/C27H32N2O5/c1-4-34-20-8-10-29(14-22-21-7-9-28-25(21)17(2)11-24(22)32-3)27(13-20)16-33-15-19-12-18(26(30)31)5-6-23(19)27/h5-7,9,11-12,20,28H,4,8,10,13-16H2,1-3H3,(H,30,31)/t20-,27-/m1/s1. The number of aromatic nitrogens is 1. The lowest BCUT2D eigenvalue weighted by Gasteiger charge is -2.52. The number of piperidine rings is 1. The molecule has 0 radical (unpaired) electrons. The molecule has 0 saturated carbocycles. The van der Waals surface area contributed by atoms with Gasteiger partial charge in [-0.3, -0.25) is 4.90 Å². The number of carboxylic acids is 1. The number of nitrogens with zero attached hydrogens (tertiary/aromatic N) is 1. The van der Waals surface area contributed by atoms with Gasteiger partial charge >= 0.3 is 5.97 Å². The Kier molecular flexibility index (Phi) is 6.10. The lowest BCUT2D eigenvalue weighted by molar-refractivity contribution is -0.107. The van der Waals surface area contributed by atoms with Crippen molar-refractivity contribution in [2.45, 2.75) is 51.5 Å². The van der Waals surface area contributed by atoms with Gasteiger partial charge in [-0.25, -0.2) is 4.79 Å². The number of benzene rings is 2. The third-order valence-electron chi connectivity index (χ3n) is 7.43. The highest BCUT2D eigenvalue weighted by atomic mass is 16.5. The third-order valence-corrected chi connectivity index (χ3v) is 7.43. The van der Waals surface area contributed by atoms with Crippen LogP contribution in [0, 0.1) is 6.92 Å². The Morgan fingerprint density at radius 2 is 2.18 bits per heavy atom. The Labute approximate surface area is 199 Å². The minimum Gasteiger partial charge on any atom is -0.496 e. The normalized spacial score (nSPS) is 22.7. The van der Waals surface area contributed by atoms with E-state index < -0.39 is 11.5 Å². The monoisotopic (exact) mass is 464 g/mol. The van der Waals surface area contributed by atoms with E-state index in [4.69, 9.17) is 14.2 Å². The molecule has 1 saturated heterocycles. The first kappa shape index (κ1) is 22.9. The van der Waals surface area contributed by atoms with E-state index in [1.807, 2.05) is 19.2 Å². The summed E-state index contributed by atoms with van der Waals surface area (Å²) in [6, 6.07) is 9.68. The molecule has 0 bridgehead atoms. The molecule has 1 aromatic heterocycles. The number of fused-ring (bicyclic) bond motifs is 3. The molecule has 2 aromatic carbocycles. The minimum atomic E-state index is -0.922. The molecule has 0 amide bonds. The van der Waals surface area contributed by atoms with Gasteiger partial charge in [0, 0.05) is 42.4 Å². The maximum Gasteiger partial charge on any atom is 0.335 e. The fourth-order valence-electron chi connectivity index (χ4n) is 5.84. The van der Waals surface area contributed by atoms with E-state index in [-0.39, 0.29) is 11.7 Å². The molecule has 1 spiro atoms. The van der Waals surface area contributed by atoms with E-state index >= 15 is 0 Å². The first-order valence-corrected chi connectivity index (χ1v) is 11.9. The number of carbonyl (C=O) groups is 1. The molecule has 2 aliphatic heterocycles. The molecule has 3 aromatic rings. The predicted molar refractivity (Wildman–Crippen MR) is 129 cm³/mol. The molecule has 7 heteroatoms. The van der Waals surface area contributed by atoms with Crippen LogP contribution in [0.2, 0.25) is 0 Å². The summed E-state index contributed by atoms with van der Waals surface area (Å²) in [5.74, 6) is -0.0424. The second-order valence-corrected chi connectivity index (χ2v) is 9.33. The highest BCUT2D eigenvalue weighted by Crippen LogP contribution is 2.45. The molecule has 180 valence electrons. The average Bonchev–Trinajstić information content (AvgIpc) is 3.33. The predicted octanol–water partition coefficient (Wildman–Crippen LogP) is 4.61. The molecular weight excluding hydrogens is 432 g/mol. The molecule has 2 atom stereocenters. The first-order valence-electron chi connectivity index (χ1n) is 11.9. The molecule has 0 unspecified atom stereocenters. The molecule has 2 aliphatic rings. The van der Waals surface area contributed by atoms with Crippen molar-refractivity contribution in [2.75, 3.05) is 26.9 Å². The summed E-state index contributed by atoms with van der Waals surface area (Å²) >= 11 is 0. The Hall–Kier alpha value is -2.87. The number of aromatic amines is 1. The summed E-state index contributed by atoms with van der Waals surface area (Å²) in [7, 11) is 1.72. The third kappa shape index (κ3) is 3.78. The van der Waals surface area contributed by atoms with E-state index in [9.17, 15) is 9.90 Å². The molecule has 7 nitrogen and oxygen atoms in total. The van der Waals surface area contributed by atoms with Crippen LogP contribution in [0.3, 0.4) is 0 Å². The van der Waals surface area contributed by atoms with Crippen molar-refractivity contribution in [1.82, 2.24) is 9.88 Å². The summed E-state index contributed by atoms with van der Waals surface area (Å²) < 4.78 is 18.1. The number of hydrogen-bond donors (Lipinski definition) is 2. The summed E-state index contributed by atoms with van der Waals surface area (Å²) in [5.41, 5.74) is 5.39. The number of aromatic carboxylic acids is 1. The largest absolute Gasteiger partial charge is 0.496 e. The van der Waals surface area contributed by atoms with Crippen LogP contribution < -0.4 is 4.74 Å². The zero-order valence-electron chi connectivity index (χ0n) is 20.0. The van der Waals surface area contributed by atoms with Crippen LogP contribution in [0.25, 0.3) is 10.9 Å². The van der Waals surface area contributed by atoms with Crippen molar-refractivity contribution in [2.24, 2.45) is 0 Å². The van der Waals surface area contributed by atoms with Gasteiger partial charge in [0.25, 0.3) is 0 Å². The van der Waals surface area contributed by atoms with E-state index in [0.717, 1.165) is 58.3 Å². The van der Waals surface area contributed by atoms with Gasteiger partial charge in [-0.1, -0.05) is 6.07 Å². The number of ether oxygens (including phenoxy) is 3. The lowest BCUT2D eigenvalue weighted by atomic mass is 9.75. The second-order valence-electron chi connectivity index (χ2n) is 9.33. The van der Waals surface area contributed by atoms with Crippen LogP contribution in [-0.2, 0) is 28.2 Å². The number of aryl methyl sites for hydroxylation is 1. The molecule has 3 heterocycles. The summed E-state index contributed by atoms with van der Waals surface area (Å²) in [5, 5.41) is 10.7. The van der Waals surface area contributed by atoms with Gasteiger partial charge in [0.1, 0.15) is 5.75 Å². The van der Waals surface area contributed by atoms with Gasteiger partial charge in [0.15, 0.2) is 0 Å². The topological polar surface area (TPSA) is 84.0 Å². The summed E-state index contributed by atoms with van der Waals surface area (Å²) in [4.78, 5) is 17.5. The smallest absolute Gasteiger partial charge is 0.335 e. The van der Waals surface area contributed by atoms with E-state index in [1.165, 1.54) is 0 Å². The van der Waals surface area contributed by atoms with Crippen LogP contribution >= 0.6 is 0 Å². The molecule has 2 N–H and O–H groups in total. The van der Waals surface area contributed by atoms with Crippen molar-refractivity contribution < 1.29 is 24.1 Å². The van der Waals surface area contributed by atoms with Gasteiger partial charge in [-0.05, 0) is 67.6 Å². The number of hydrogen-bond acceptors (Lipinski definition) is 5. The number of H-pyrrole nitrogens is 1. The maximum atomic E-state index is 11.6. The molecule has 1 fully saturated rings. The Morgan fingerprint density at radius 3 is 2.94 bits per heavy atom. The molecule has 0 aliphatic carbocycles. The Bertz CT molecular complexity index is 1220. The fourth-order valence-corrected chi connectivity index (χ4v) is 5.84. The van der Waals surface area contributed by atoms with Crippen molar-refractivity contribution >= 4 is 16.9 Å².